The van der Waals surface area contributed by atoms with Gasteiger partial charge in [-0.05, 0) is 37.5 Å². The zero-order valence-corrected chi connectivity index (χ0v) is 13.3. The average molecular weight is 327 g/mol. The van der Waals surface area contributed by atoms with Crippen molar-refractivity contribution in [2.75, 3.05) is 20.2 Å². The van der Waals surface area contributed by atoms with E-state index in [-0.39, 0.29) is 0 Å². The fraction of sp³-hybridized carbons (Fsp3) is 0.600. The van der Waals surface area contributed by atoms with Gasteiger partial charge in [-0.1, -0.05) is 28.1 Å². The van der Waals surface area contributed by atoms with Crippen LogP contribution >= 0.6 is 15.9 Å². The molecule has 1 aromatic carbocycles. The summed E-state index contributed by atoms with van der Waals surface area (Å²) in [5.74, 6) is 0. The Kier molecular flexibility index (Phi) is 5.39. The number of halogens is 1. The number of nitrogens with zero attached hydrogens (tertiary/aromatic N) is 1. The summed E-state index contributed by atoms with van der Waals surface area (Å²) in [4.78, 5) is 2.51. The first-order chi connectivity index (χ1) is 9.15. The first-order valence-electron chi connectivity index (χ1n) is 6.89. The average Bonchev–Trinajstić information content (AvgIpc) is 2.46. The molecule has 1 heterocycles. The maximum atomic E-state index is 5.95. The summed E-state index contributed by atoms with van der Waals surface area (Å²) in [5.41, 5.74) is 7.29. The highest BCUT2D eigenvalue weighted by Crippen LogP contribution is 2.29. The van der Waals surface area contributed by atoms with Crippen LogP contribution in [0.5, 0.6) is 0 Å². The van der Waals surface area contributed by atoms with Crippen LogP contribution in [0.15, 0.2) is 28.7 Å². The molecule has 0 aromatic heterocycles. The zero-order valence-electron chi connectivity index (χ0n) is 11.7. The third-order valence-corrected chi connectivity index (χ3v) is 4.70. The summed E-state index contributed by atoms with van der Waals surface area (Å²) in [7, 11) is 1.80. The van der Waals surface area contributed by atoms with Gasteiger partial charge in [0.05, 0.1) is 6.10 Å². The molecule has 1 saturated heterocycles. The number of nitrogens with two attached hydrogens (primary N) is 1. The van der Waals surface area contributed by atoms with Gasteiger partial charge in [0.25, 0.3) is 0 Å². The van der Waals surface area contributed by atoms with Crippen LogP contribution in [0.2, 0.25) is 0 Å². The minimum absolute atomic E-state index is 0.363. The third-order valence-electron chi connectivity index (χ3n) is 4.17. The molecule has 2 rings (SSSR count). The van der Waals surface area contributed by atoms with E-state index in [1.54, 1.807) is 7.11 Å². The van der Waals surface area contributed by atoms with E-state index in [1.807, 2.05) is 0 Å². The minimum atomic E-state index is 0.363. The molecule has 4 heteroatoms. The van der Waals surface area contributed by atoms with Gasteiger partial charge in [-0.15, -0.1) is 0 Å². The van der Waals surface area contributed by atoms with Crippen molar-refractivity contribution in [3.05, 3.63) is 34.3 Å². The zero-order chi connectivity index (χ0) is 13.8. The van der Waals surface area contributed by atoms with Gasteiger partial charge in [0, 0.05) is 36.8 Å². The van der Waals surface area contributed by atoms with E-state index >= 15 is 0 Å². The molecular formula is C15H23BrN2O. The van der Waals surface area contributed by atoms with Crippen LogP contribution in [0.4, 0.5) is 0 Å². The van der Waals surface area contributed by atoms with Crippen LogP contribution in [-0.2, 0) is 4.74 Å². The van der Waals surface area contributed by atoms with Crippen molar-refractivity contribution < 1.29 is 4.74 Å². The number of likely N-dealkylation sites (tertiary alicyclic amines) is 1. The molecule has 0 bridgehead atoms. The molecule has 3 unspecified atom stereocenters. The van der Waals surface area contributed by atoms with Gasteiger partial charge in [0.2, 0.25) is 0 Å². The number of hydrogen-bond donors (Lipinski definition) is 1. The predicted octanol–water partition coefficient (Wildman–Crippen LogP) is 2.95. The van der Waals surface area contributed by atoms with Gasteiger partial charge in [-0.2, -0.15) is 0 Å². The second kappa shape index (κ2) is 6.84. The van der Waals surface area contributed by atoms with Gasteiger partial charge in [-0.25, -0.2) is 0 Å². The standard InChI is InChI=1S/C15H23BrN2O/c1-11(12-3-5-13(16)6-4-12)18-8-7-15(19-2)9-14(18)10-17/h3-6,11,14-15H,7-10,17H2,1-2H3. The van der Waals surface area contributed by atoms with Gasteiger partial charge in [-0.3, -0.25) is 4.90 Å². The molecule has 106 valence electrons. The first kappa shape index (κ1) is 15.0. The molecule has 3 nitrogen and oxygen atoms in total. The highest BCUT2D eigenvalue weighted by atomic mass is 79.9. The van der Waals surface area contributed by atoms with E-state index in [0.717, 1.165) is 23.9 Å². The van der Waals surface area contributed by atoms with E-state index in [9.17, 15) is 0 Å². The summed E-state index contributed by atoms with van der Waals surface area (Å²) < 4.78 is 6.61. The van der Waals surface area contributed by atoms with Gasteiger partial charge in [0.15, 0.2) is 0 Å². The van der Waals surface area contributed by atoms with Crippen LogP contribution in [0.25, 0.3) is 0 Å². The number of benzene rings is 1. The molecule has 0 aliphatic carbocycles. The number of methoxy groups -OCH3 is 1. The molecule has 19 heavy (non-hydrogen) atoms. The van der Waals surface area contributed by atoms with Crippen molar-refractivity contribution in [3.63, 3.8) is 0 Å². The number of ether oxygens (including phenoxy) is 1. The van der Waals surface area contributed by atoms with Gasteiger partial charge in [0.1, 0.15) is 0 Å². The van der Waals surface area contributed by atoms with Crippen LogP contribution in [0, 0.1) is 0 Å². The number of rotatable bonds is 4. The summed E-state index contributed by atoms with van der Waals surface area (Å²) >= 11 is 3.48. The lowest BCUT2D eigenvalue weighted by molar-refractivity contribution is -0.00164. The third kappa shape index (κ3) is 3.57. The fourth-order valence-electron chi connectivity index (χ4n) is 2.92. The van der Waals surface area contributed by atoms with Crippen molar-refractivity contribution in [1.82, 2.24) is 4.90 Å². The molecule has 0 radical (unpaired) electrons. The van der Waals surface area contributed by atoms with Crippen molar-refractivity contribution >= 4 is 15.9 Å². The Balaban J connectivity index is 2.09. The van der Waals surface area contributed by atoms with Crippen molar-refractivity contribution in [2.24, 2.45) is 5.73 Å². The van der Waals surface area contributed by atoms with Crippen molar-refractivity contribution in [3.8, 4) is 0 Å². The summed E-state index contributed by atoms with van der Waals surface area (Å²) in [6, 6.07) is 9.39. The molecule has 1 aliphatic heterocycles. The number of hydrogen-bond acceptors (Lipinski definition) is 3. The monoisotopic (exact) mass is 326 g/mol. The molecule has 0 amide bonds. The van der Waals surface area contributed by atoms with E-state index in [4.69, 9.17) is 10.5 Å². The van der Waals surface area contributed by atoms with Crippen LogP contribution in [-0.4, -0.2) is 37.2 Å². The molecule has 0 spiro atoms. The van der Waals surface area contributed by atoms with E-state index in [0.29, 0.717) is 24.7 Å². The summed E-state index contributed by atoms with van der Waals surface area (Å²) in [6.07, 6.45) is 2.49. The van der Waals surface area contributed by atoms with E-state index in [2.05, 4.69) is 52.0 Å². The summed E-state index contributed by atoms with van der Waals surface area (Å²) in [5, 5.41) is 0. The highest BCUT2D eigenvalue weighted by Gasteiger charge is 2.30. The second-order valence-corrected chi connectivity index (χ2v) is 6.15. The van der Waals surface area contributed by atoms with E-state index in [1.165, 1.54) is 5.56 Å². The maximum Gasteiger partial charge on any atom is 0.0599 e. The highest BCUT2D eigenvalue weighted by molar-refractivity contribution is 9.10. The Labute approximate surface area is 124 Å². The Bertz CT molecular complexity index is 396. The molecule has 3 atom stereocenters. The molecule has 0 saturated carbocycles. The second-order valence-electron chi connectivity index (χ2n) is 5.24. The van der Waals surface area contributed by atoms with Crippen LogP contribution < -0.4 is 5.73 Å². The van der Waals surface area contributed by atoms with E-state index < -0.39 is 0 Å². The van der Waals surface area contributed by atoms with Crippen molar-refractivity contribution in [2.45, 2.75) is 38.0 Å². The summed E-state index contributed by atoms with van der Waals surface area (Å²) in [6.45, 7) is 4.01. The minimum Gasteiger partial charge on any atom is -0.381 e. The Hall–Kier alpha value is -0.420. The lowest BCUT2D eigenvalue weighted by Crippen LogP contribution is -2.49. The lowest BCUT2D eigenvalue weighted by Gasteiger charge is -2.42. The quantitative estimate of drug-likeness (QED) is 0.924. The molecule has 2 N–H and O–H groups in total. The van der Waals surface area contributed by atoms with Gasteiger partial charge < -0.3 is 10.5 Å². The SMILES string of the molecule is COC1CCN(C(C)c2ccc(Br)cc2)C(CN)C1. The van der Waals surface area contributed by atoms with Gasteiger partial charge >= 0.3 is 0 Å². The molecule has 1 aliphatic rings. The first-order valence-corrected chi connectivity index (χ1v) is 7.69. The molecule has 1 aromatic rings. The Morgan fingerprint density at radius 2 is 2.11 bits per heavy atom. The normalized spacial score (nSPS) is 26.3. The van der Waals surface area contributed by atoms with Crippen molar-refractivity contribution in [1.29, 1.82) is 0 Å². The Morgan fingerprint density at radius 1 is 1.42 bits per heavy atom. The smallest absolute Gasteiger partial charge is 0.0599 e. The molecule has 1 fully saturated rings. The predicted molar refractivity (Wildman–Crippen MR) is 82.1 cm³/mol. The Morgan fingerprint density at radius 3 is 2.68 bits per heavy atom. The largest absolute Gasteiger partial charge is 0.381 e. The number of piperidine rings is 1. The van der Waals surface area contributed by atoms with Crippen LogP contribution in [0.3, 0.4) is 0 Å². The topological polar surface area (TPSA) is 38.5 Å². The molecular weight excluding hydrogens is 304 g/mol. The van der Waals surface area contributed by atoms with Crippen LogP contribution in [0.1, 0.15) is 31.4 Å². The maximum absolute atomic E-state index is 5.95. The lowest BCUT2D eigenvalue weighted by atomic mass is 9.95. The fourth-order valence-corrected chi connectivity index (χ4v) is 3.19.